The lowest BCUT2D eigenvalue weighted by Gasteiger charge is -2.12. The van der Waals surface area contributed by atoms with Crippen molar-refractivity contribution in [1.82, 2.24) is 0 Å². The summed E-state index contributed by atoms with van der Waals surface area (Å²) in [5, 5.41) is 0. The first-order valence-corrected chi connectivity index (χ1v) is 18.2. The Labute approximate surface area is 265 Å². The molecule has 0 radical (unpaired) electrons. The van der Waals surface area contributed by atoms with Crippen molar-refractivity contribution in [1.29, 1.82) is 0 Å². The van der Waals surface area contributed by atoms with Crippen LogP contribution in [0, 0.1) is 0 Å². The van der Waals surface area contributed by atoms with Crippen LogP contribution >= 0.6 is 12.2 Å². The van der Waals surface area contributed by atoms with E-state index in [0.29, 0.717) is 0 Å². The van der Waals surface area contributed by atoms with Gasteiger partial charge in [-0.15, -0.1) is 0 Å². The van der Waals surface area contributed by atoms with E-state index in [0.717, 1.165) is 47.6 Å². The highest BCUT2D eigenvalue weighted by atomic mass is 32.1. The monoisotopic (exact) mass is 590 g/mol. The van der Waals surface area contributed by atoms with Gasteiger partial charge in [-0.2, -0.15) is 0 Å². The van der Waals surface area contributed by atoms with Crippen molar-refractivity contribution >= 4 is 23.2 Å². The van der Waals surface area contributed by atoms with Crippen molar-refractivity contribution in [2.24, 2.45) is 0 Å². The van der Waals surface area contributed by atoms with E-state index in [4.69, 9.17) is 17.0 Å². The molecule has 0 fully saturated rings. The summed E-state index contributed by atoms with van der Waals surface area (Å²) in [6.45, 7) is 5.34. The highest BCUT2D eigenvalue weighted by molar-refractivity contribution is 7.81. The lowest BCUT2D eigenvalue weighted by Crippen LogP contribution is -2.01. The number of hydrogen-bond acceptors (Lipinski definition) is 2. The molecule has 0 unspecified atom stereocenters. The highest BCUT2D eigenvalue weighted by Crippen LogP contribution is 2.24. The minimum atomic E-state index is 0.811. The molecule has 234 valence electrons. The maximum atomic E-state index is 6.29. The van der Waals surface area contributed by atoms with Crippen LogP contribution in [0.15, 0.2) is 54.6 Å². The molecule has 0 N–H and O–H groups in total. The predicted octanol–water partition coefficient (Wildman–Crippen LogP) is 13.3. The van der Waals surface area contributed by atoms with Gasteiger partial charge in [0.1, 0.15) is 5.75 Å². The molecule has 0 amide bonds. The number of aryl methyl sites for hydroxylation is 1. The number of thiocarbonyl (C=S) groups is 1. The van der Waals surface area contributed by atoms with Crippen molar-refractivity contribution < 1.29 is 4.74 Å². The van der Waals surface area contributed by atoms with Crippen LogP contribution in [-0.4, -0.2) is 11.5 Å². The number of rotatable bonds is 27. The van der Waals surface area contributed by atoms with Crippen LogP contribution in [-0.2, 0) is 6.42 Å². The molecule has 0 aliphatic heterocycles. The number of unbranched alkanes of at least 4 members (excludes halogenated alkanes) is 19. The fraction of sp³-hybridized carbons (Fsp3) is 0.625. The highest BCUT2D eigenvalue weighted by Gasteiger charge is 2.05. The van der Waals surface area contributed by atoms with Crippen molar-refractivity contribution in [3.05, 3.63) is 71.3 Å². The predicted molar refractivity (Wildman–Crippen MR) is 191 cm³/mol. The van der Waals surface area contributed by atoms with Crippen LogP contribution in [0.4, 0.5) is 0 Å². The standard InChI is InChI=1S/C40H62OS/c1-3-5-6-7-8-9-10-11-12-13-14-15-16-17-18-19-20-21-22-26-34-41-39-35-36(30-32-37(39)27-4-2)31-33-40(42)38-28-24-23-25-29-38/h23-25,28-33,35H,3-22,26-27,34H2,1-2H3. The van der Waals surface area contributed by atoms with Crippen LogP contribution in [0.1, 0.15) is 165 Å². The Kier molecular flexibility index (Phi) is 22.1. The Hall–Kier alpha value is -1.93. The molecule has 0 aliphatic carbocycles. The van der Waals surface area contributed by atoms with E-state index in [2.05, 4.69) is 50.3 Å². The summed E-state index contributed by atoms with van der Waals surface area (Å²) in [6, 6.07) is 16.8. The average molecular weight is 591 g/mol. The maximum absolute atomic E-state index is 6.29. The van der Waals surface area contributed by atoms with Gasteiger partial charge in [0.05, 0.1) is 6.61 Å². The molecule has 0 heterocycles. The third kappa shape index (κ3) is 17.9. The Balaban J connectivity index is 1.47. The van der Waals surface area contributed by atoms with Gasteiger partial charge in [-0.3, -0.25) is 0 Å². The zero-order valence-electron chi connectivity index (χ0n) is 27.4. The number of benzene rings is 2. The summed E-state index contributed by atoms with van der Waals surface area (Å²) in [4.78, 5) is 0.861. The van der Waals surface area contributed by atoms with Crippen molar-refractivity contribution in [2.75, 3.05) is 6.61 Å². The van der Waals surface area contributed by atoms with E-state index in [1.807, 2.05) is 24.3 Å². The molecule has 2 rings (SSSR count). The zero-order chi connectivity index (χ0) is 29.9. The van der Waals surface area contributed by atoms with E-state index in [1.54, 1.807) is 0 Å². The van der Waals surface area contributed by atoms with Crippen LogP contribution in [0.2, 0.25) is 0 Å². The van der Waals surface area contributed by atoms with Gasteiger partial charge in [0.15, 0.2) is 0 Å². The second-order valence-corrected chi connectivity index (χ2v) is 12.7. The molecular weight excluding hydrogens is 529 g/mol. The van der Waals surface area contributed by atoms with E-state index >= 15 is 0 Å². The topological polar surface area (TPSA) is 9.23 Å². The fourth-order valence-corrected chi connectivity index (χ4v) is 5.90. The Bertz CT molecular complexity index is 947. The van der Waals surface area contributed by atoms with E-state index < -0.39 is 0 Å². The van der Waals surface area contributed by atoms with Crippen LogP contribution in [0.3, 0.4) is 0 Å². The largest absolute Gasteiger partial charge is 0.493 e. The van der Waals surface area contributed by atoms with Gasteiger partial charge in [0.25, 0.3) is 0 Å². The van der Waals surface area contributed by atoms with Crippen molar-refractivity contribution in [3.8, 4) is 5.75 Å². The normalized spacial score (nSPS) is 11.4. The SMILES string of the molecule is CCCCCCCCCCCCCCCCCCCCCCOc1cc(C=CC(=S)c2ccccc2)ccc1CCC. The molecule has 2 aromatic carbocycles. The molecule has 0 bridgehead atoms. The summed E-state index contributed by atoms with van der Waals surface area (Å²) in [6.07, 6.45) is 34.5. The molecule has 2 heteroatoms. The smallest absolute Gasteiger partial charge is 0.123 e. The minimum Gasteiger partial charge on any atom is -0.493 e. The average Bonchev–Trinajstić information content (AvgIpc) is 3.02. The third-order valence-electron chi connectivity index (χ3n) is 8.35. The lowest BCUT2D eigenvalue weighted by atomic mass is 10.0. The molecule has 0 saturated heterocycles. The van der Waals surface area contributed by atoms with Crippen LogP contribution in [0.25, 0.3) is 6.08 Å². The zero-order valence-corrected chi connectivity index (χ0v) is 28.2. The molecule has 0 atom stereocenters. The van der Waals surface area contributed by atoms with Crippen molar-refractivity contribution in [2.45, 2.75) is 155 Å². The molecular formula is C40H62OS. The number of hydrogen-bond donors (Lipinski definition) is 0. The van der Waals surface area contributed by atoms with Crippen molar-refractivity contribution in [3.63, 3.8) is 0 Å². The van der Waals surface area contributed by atoms with E-state index in [-0.39, 0.29) is 0 Å². The van der Waals surface area contributed by atoms with Crippen LogP contribution in [0.5, 0.6) is 5.75 Å². The first-order chi connectivity index (χ1) is 20.7. The molecule has 0 aromatic heterocycles. The summed E-state index contributed by atoms with van der Waals surface area (Å²) in [5.74, 6) is 1.04. The van der Waals surface area contributed by atoms with E-state index in [9.17, 15) is 0 Å². The van der Waals surface area contributed by atoms with Gasteiger partial charge in [0.2, 0.25) is 0 Å². The number of ether oxygens (including phenoxy) is 1. The molecule has 0 spiro atoms. The van der Waals surface area contributed by atoms with Gasteiger partial charge in [-0.25, -0.2) is 0 Å². The van der Waals surface area contributed by atoms with Crippen LogP contribution < -0.4 is 4.74 Å². The Morgan fingerprint density at radius 1 is 0.595 bits per heavy atom. The van der Waals surface area contributed by atoms with Gasteiger partial charge >= 0.3 is 0 Å². The third-order valence-corrected chi connectivity index (χ3v) is 8.72. The lowest BCUT2D eigenvalue weighted by molar-refractivity contribution is 0.301. The molecule has 2 aromatic rings. The van der Waals surface area contributed by atoms with Gasteiger partial charge in [-0.05, 0) is 41.7 Å². The molecule has 0 aliphatic rings. The summed E-state index contributed by atoms with van der Waals surface area (Å²) >= 11 is 5.59. The Morgan fingerprint density at radius 2 is 1.10 bits per heavy atom. The summed E-state index contributed by atoms with van der Waals surface area (Å²) in [7, 11) is 0. The fourth-order valence-electron chi connectivity index (χ4n) is 5.69. The van der Waals surface area contributed by atoms with Gasteiger partial charge in [0, 0.05) is 4.86 Å². The molecule has 1 nitrogen and oxygen atoms in total. The maximum Gasteiger partial charge on any atom is 0.123 e. The Morgan fingerprint density at radius 3 is 1.60 bits per heavy atom. The quantitative estimate of drug-likeness (QED) is 0.0443. The van der Waals surface area contributed by atoms with E-state index in [1.165, 1.54) is 128 Å². The van der Waals surface area contributed by atoms with Gasteiger partial charge in [-0.1, -0.05) is 203 Å². The first-order valence-electron chi connectivity index (χ1n) is 17.8. The summed E-state index contributed by atoms with van der Waals surface area (Å²) < 4.78 is 6.29. The molecule has 0 saturated carbocycles. The second-order valence-electron chi connectivity index (χ2n) is 12.2. The second kappa shape index (κ2) is 25.6. The molecule has 42 heavy (non-hydrogen) atoms. The number of allylic oxidation sites excluding steroid dienone is 1. The first kappa shape index (κ1) is 36.3. The minimum absolute atomic E-state index is 0.811. The summed E-state index contributed by atoms with van der Waals surface area (Å²) in [5.41, 5.74) is 3.54. The van der Waals surface area contributed by atoms with Gasteiger partial charge < -0.3 is 4.74 Å².